The van der Waals surface area contributed by atoms with Crippen molar-refractivity contribution >= 4 is 27.5 Å². The third-order valence-electron chi connectivity index (χ3n) is 5.25. The molecule has 1 saturated heterocycles. The molecule has 2 aliphatic rings. The number of aromatic amines is 1. The molecule has 146 valence electrons. The molecular formula is C19H25N3O4S. The Bertz CT molecular complexity index is 885. The van der Waals surface area contributed by atoms with Crippen molar-refractivity contribution in [2.45, 2.75) is 64.6 Å². The molecule has 3 heterocycles. The lowest BCUT2D eigenvalue weighted by Crippen LogP contribution is -2.33. The van der Waals surface area contributed by atoms with Crippen LogP contribution in [0.3, 0.4) is 0 Å². The highest BCUT2D eigenvalue weighted by atomic mass is 32.1. The predicted octanol–water partition coefficient (Wildman–Crippen LogP) is 2.62. The van der Waals surface area contributed by atoms with E-state index in [1.165, 1.54) is 10.4 Å². The number of nitrogens with zero attached hydrogens (tertiary/aromatic N) is 1. The Morgan fingerprint density at radius 1 is 1.41 bits per heavy atom. The van der Waals surface area contributed by atoms with Gasteiger partial charge in [-0.1, -0.05) is 6.92 Å². The van der Waals surface area contributed by atoms with E-state index in [9.17, 15) is 9.59 Å². The molecule has 2 aromatic heterocycles. The number of amides is 1. The molecule has 27 heavy (non-hydrogen) atoms. The van der Waals surface area contributed by atoms with Crippen LogP contribution in [0.25, 0.3) is 10.2 Å². The lowest BCUT2D eigenvalue weighted by molar-refractivity contribution is -0.200. The second-order valence-electron chi connectivity index (χ2n) is 7.48. The van der Waals surface area contributed by atoms with Crippen LogP contribution < -0.4 is 11.0 Å². The van der Waals surface area contributed by atoms with Crippen molar-refractivity contribution < 1.29 is 14.4 Å². The van der Waals surface area contributed by atoms with Crippen LogP contribution in [-0.4, -0.2) is 28.8 Å². The molecular weight excluding hydrogens is 366 g/mol. The quantitative estimate of drug-likeness (QED) is 0.764. The third kappa shape index (κ3) is 4.23. The van der Waals surface area contributed by atoms with Crippen LogP contribution in [0.1, 0.15) is 55.3 Å². The number of H-pyrrole nitrogens is 1. The molecule has 0 aromatic carbocycles. The van der Waals surface area contributed by atoms with Crippen LogP contribution in [-0.2, 0) is 33.6 Å². The Kier molecular flexibility index (Phi) is 5.56. The molecule has 0 radical (unpaired) electrons. The van der Waals surface area contributed by atoms with E-state index in [2.05, 4.69) is 22.4 Å². The van der Waals surface area contributed by atoms with Gasteiger partial charge in [-0.3, -0.25) is 9.59 Å². The highest BCUT2D eigenvalue weighted by Gasteiger charge is 2.23. The summed E-state index contributed by atoms with van der Waals surface area (Å²) >= 11 is 1.62. The maximum absolute atomic E-state index is 12.6. The molecule has 2 aromatic rings. The summed E-state index contributed by atoms with van der Waals surface area (Å²) in [5.74, 6) is 0.954. The molecule has 8 heteroatoms. The van der Waals surface area contributed by atoms with Crippen molar-refractivity contribution in [3.05, 3.63) is 26.6 Å². The van der Waals surface area contributed by atoms with Crippen LogP contribution in [0.15, 0.2) is 4.79 Å². The Balaban J connectivity index is 1.39. The molecule has 1 aliphatic heterocycles. The van der Waals surface area contributed by atoms with E-state index in [1.807, 2.05) is 0 Å². The minimum absolute atomic E-state index is 0.0886. The molecule has 2 atom stereocenters. The Hall–Kier alpha value is -1.77. The maximum atomic E-state index is 12.6. The number of rotatable bonds is 5. The zero-order chi connectivity index (χ0) is 18.8. The van der Waals surface area contributed by atoms with E-state index in [1.54, 1.807) is 11.3 Å². The van der Waals surface area contributed by atoms with Gasteiger partial charge in [0.2, 0.25) is 5.91 Å². The number of hydrogen-bond acceptors (Lipinski definition) is 6. The minimum Gasteiger partial charge on any atom is -0.350 e. The van der Waals surface area contributed by atoms with Gasteiger partial charge in [-0.2, -0.15) is 0 Å². The van der Waals surface area contributed by atoms with E-state index in [0.717, 1.165) is 48.7 Å². The average Bonchev–Trinajstić information content (AvgIpc) is 3.03. The van der Waals surface area contributed by atoms with Crippen LogP contribution in [0.5, 0.6) is 0 Å². The van der Waals surface area contributed by atoms with Gasteiger partial charge in [-0.25, -0.2) is 15.3 Å². The van der Waals surface area contributed by atoms with E-state index in [4.69, 9.17) is 9.57 Å². The molecule has 1 aliphatic carbocycles. The lowest BCUT2D eigenvalue weighted by Gasteiger charge is -2.22. The summed E-state index contributed by atoms with van der Waals surface area (Å²) in [6, 6.07) is 0. The maximum Gasteiger partial charge on any atom is 0.259 e. The second kappa shape index (κ2) is 8.08. The minimum atomic E-state index is -0.364. The van der Waals surface area contributed by atoms with Gasteiger partial charge in [0, 0.05) is 30.7 Å². The number of carbonyl (C=O) groups excluding carboxylic acids is 1. The normalized spacial score (nSPS) is 22.6. The SMILES string of the molecule is C[C@@H]1CCc2c(sc3nc(CCC(=O)NO[C@@H]4CCCCO4)[nH]c(=O)c23)C1. The highest BCUT2D eigenvalue weighted by Crippen LogP contribution is 2.35. The molecule has 1 amide bonds. The van der Waals surface area contributed by atoms with Gasteiger partial charge in [0.05, 0.1) is 5.39 Å². The predicted molar refractivity (Wildman–Crippen MR) is 103 cm³/mol. The average molecular weight is 391 g/mol. The van der Waals surface area contributed by atoms with Crippen molar-refractivity contribution in [2.75, 3.05) is 6.61 Å². The molecule has 4 rings (SSSR count). The number of hydrogen-bond donors (Lipinski definition) is 2. The van der Waals surface area contributed by atoms with Crippen LogP contribution in [0.2, 0.25) is 0 Å². The summed E-state index contributed by atoms with van der Waals surface area (Å²) < 4.78 is 5.41. The fraction of sp³-hybridized carbons (Fsp3) is 0.632. The third-order valence-corrected chi connectivity index (χ3v) is 6.39. The summed E-state index contributed by atoms with van der Waals surface area (Å²) in [4.78, 5) is 39.4. The van der Waals surface area contributed by atoms with Gasteiger partial charge in [0.15, 0.2) is 6.29 Å². The van der Waals surface area contributed by atoms with Gasteiger partial charge >= 0.3 is 0 Å². The summed E-state index contributed by atoms with van der Waals surface area (Å²) in [6.45, 7) is 2.91. The van der Waals surface area contributed by atoms with E-state index in [0.29, 0.717) is 24.8 Å². The Morgan fingerprint density at radius 2 is 2.30 bits per heavy atom. The van der Waals surface area contributed by atoms with Gasteiger partial charge in [0.25, 0.3) is 5.56 Å². The first-order chi connectivity index (χ1) is 13.1. The van der Waals surface area contributed by atoms with E-state index in [-0.39, 0.29) is 24.2 Å². The first-order valence-electron chi connectivity index (χ1n) is 9.69. The number of aryl methyl sites for hydroxylation is 2. The van der Waals surface area contributed by atoms with Crippen LogP contribution in [0, 0.1) is 5.92 Å². The fourth-order valence-electron chi connectivity index (χ4n) is 3.73. The number of carbonyl (C=O) groups is 1. The van der Waals surface area contributed by atoms with Gasteiger partial charge in [-0.15, -0.1) is 11.3 Å². The molecule has 0 spiro atoms. The van der Waals surface area contributed by atoms with Crippen molar-refractivity contribution in [3.63, 3.8) is 0 Å². The standard InChI is InChI=1S/C19H25N3O4S/c1-11-5-6-12-13(10-11)27-19-17(12)18(24)20-14(21-19)7-8-15(23)22-26-16-4-2-3-9-25-16/h11,16H,2-10H2,1H3,(H,22,23)(H,20,21,24)/t11-,16-/m1/s1. The summed E-state index contributed by atoms with van der Waals surface area (Å²) in [5.41, 5.74) is 3.52. The summed E-state index contributed by atoms with van der Waals surface area (Å²) in [7, 11) is 0. The van der Waals surface area contributed by atoms with Gasteiger partial charge < -0.3 is 9.72 Å². The number of ether oxygens (including phenoxy) is 1. The summed E-state index contributed by atoms with van der Waals surface area (Å²) in [5, 5.41) is 0.743. The van der Waals surface area contributed by atoms with Crippen LogP contribution >= 0.6 is 11.3 Å². The molecule has 7 nitrogen and oxygen atoms in total. The molecule has 0 bridgehead atoms. The molecule has 2 N–H and O–H groups in total. The monoisotopic (exact) mass is 391 g/mol. The number of nitrogens with one attached hydrogen (secondary N) is 2. The lowest BCUT2D eigenvalue weighted by atomic mass is 9.89. The van der Waals surface area contributed by atoms with Crippen LogP contribution in [0.4, 0.5) is 0 Å². The largest absolute Gasteiger partial charge is 0.350 e. The number of hydroxylamine groups is 1. The molecule has 0 unspecified atom stereocenters. The second-order valence-corrected chi connectivity index (χ2v) is 8.57. The molecule has 0 saturated carbocycles. The van der Waals surface area contributed by atoms with Crippen molar-refractivity contribution in [2.24, 2.45) is 5.92 Å². The van der Waals surface area contributed by atoms with Gasteiger partial charge in [0.1, 0.15) is 10.7 Å². The summed E-state index contributed by atoms with van der Waals surface area (Å²) in [6.07, 6.45) is 6.14. The van der Waals surface area contributed by atoms with Crippen molar-refractivity contribution in [3.8, 4) is 0 Å². The van der Waals surface area contributed by atoms with Gasteiger partial charge in [-0.05, 0) is 43.6 Å². The highest BCUT2D eigenvalue weighted by molar-refractivity contribution is 7.18. The zero-order valence-corrected chi connectivity index (χ0v) is 16.3. The molecule has 1 fully saturated rings. The first-order valence-corrected chi connectivity index (χ1v) is 10.5. The zero-order valence-electron chi connectivity index (χ0n) is 15.5. The Morgan fingerprint density at radius 3 is 3.11 bits per heavy atom. The topological polar surface area (TPSA) is 93.3 Å². The van der Waals surface area contributed by atoms with Crippen molar-refractivity contribution in [1.82, 2.24) is 15.4 Å². The Labute approximate surface area is 161 Å². The number of aromatic nitrogens is 2. The first kappa shape index (κ1) is 18.6. The number of fused-ring (bicyclic) bond motifs is 3. The smallest absolute Gasteiger partial charge is 0.259 e. The van der Waals surface area contributed by atoms with E-state index < -0.39 is 0 Å². The van der Waals surface area contributed by atoms with E-state index >= 15 is 0 Å². The van der Waals surface area contributed by atoms with Crippen molar-refractivity contribution in [1.29, 1.82) is 0 Å². The fourth-order valence-corrected chi connectivity index (χ4v) is 5.13. The number of thiophene rings is 1.